The molecule has 1 aliphatic heterocycles. The van der Waals surface area contributed by atoms with Crippen molar-refractivity contribution in [2.75, 3.05) is 19.8 Å². The SMILES string of the molecule is O=C(NCCCc1nnc(C2CC2)n1-c1ccc(F)cc1)NC1CCOCC1. The second-order valence-corrected chi connectivity index (χ2v) is 7.45. The van der Waals surface area contributed by atoms with Crippen molar-refractivity contribution in [3.63, 3.8) is 0 Å². The highest BCUT2D eigenvalue weighted by Gasteiger charge is 2.30. The number of aromatic nitrogens is 3. The Hall–Kier alpha value is -2.48. The fourth-order valence-electron chi connectivity index (χ4n) is 3.50. The summed E-state index contributed by atoms with van der Waals surface area (Å²) in [7, 11) is 0. The molecule has 1 aromatic heterocycles. The van der Waals surface area contributed by atoms with E-state index in [0.29, 0.717) is 32.1 Å². The summed E-state index contributed by atoms with van der Waals surface area (Å²) in [4.78, 5) is 12.0. The normalized spacial score (nSPS) is 17.5. The number of amides is 2. The molecule has 2 aromatic rings. The van der Waals surface area contributed by atoms with Crippen LogP contribution >= 0.6 is 0 Å². The predicted molar refractivity (Wildman–Crippen MR) is 102 cm³/mol. The minimum atomic E-state index is -0.258. The van der Waals surface area contributed by atoms with Gasteiger partial charge >= 0.3 is 6.03 Å². The maximum Gasteiger partial charge on any atom is 0.315 e. The van der Waals surface area contributed by atoms with E-state index in [9.17, 15) is 9.18 Å². The van der Waals surface area contributed by atoms with Gasteiger partial charge < -0.3 is 15.4 Å². The van der Waals surface area contributed by atoms with Crippen LogP contribution in [0, 0.1) is 5.82 Å². The van der Waals surface area contributed by atoms with Crippen LogP contribution in [0.2, 0.25) is 0 Å². The van der Waals surface area contributed by atoms with E-state index in [1.807, 2.05) is 4.57 Å². The Bertz CT molecular complexity index is 797. The van der Waals surface area contributed by atoms with Crippen LogP contribution in [0.1, 0.15) is 49.7 Å². The van der Waals surface area contributed by atoms with Gasteiger partial charge in [0.05, 0.1) is 0 Å². The molecule has 0 radical (unpaired) electrons. The van der Waals surface area contributed by atoms with Gasteiger partial charge in [0.2, 0.25) is 0 Å². The molecule has 2 aliphatic rings. The van der Waals surface area contributed by atoms with Crippen LogP contribution in [0.25, 0.3) is 5.69 Å². The van der Waals surface area contributed by atoms with E-state index < -0.39 is 0 Å². The van der Waals surface area contributed by atoms with Crippen molar-refractivity contribution in [3.05, 3.63) is 41.7 Å². The lowest BCUT2D eigenvalue weighted by Crippen LogP contribution is -2.44. The molecule has 1 aliphatic carbocycles. The van der Waals surface area contributed by atoms with Gasteiger partial charge in [0.15, 0.2) is 0 Å². The number of rotatable bonds is 7. The fraction of sp³-hybridized carbons (Fsp3) is 0.550. The maximum absolute atomic E-state index is 13.3. The van der Waals surface area contributed by atoms with Crippen molar-refractivity contribution >= 4 is 6.03 Å². The molecule has 0 unspecified atom stereocenters. The fourth-order valence-corrected chi connectivity index (χ4v) is 3.50. The molecule has 0 atom stereocenters. The van der Waals surface area contributed by atoms with Crippen molar-refractivity contribution < 1.29 is 13.9 Å². The van der Waals surface area contributed by atoms with Gasteiger partial charge in [-0.1, -0.05) is 0 Å². The van der Waals surface area contributed by atoms with Crippen molar-refractivity contribution in [1.29, 1.82) is 0 Å². The Labute approximate surface area is 163 Å². The van der Waals surface area contributed by atoms with Crippen LogP contribution in [0.5, 0.6) is 0 Å². The minimum Gasteiger partial charge on any atom is -0.381 e. The van der Waals surface area contributed by atoms with E-state index in [1.54, 1.807) is 12.1 Å². The zero-order valence-corrected chi connectivity index (χ0v) is 15.9. The molecule has 2 N–H and O–H groups in total. The molecule has 2 amide bonds. The zero-order chi connectivity index (χ0) is 19.3. The molecule has 28 heavy (non-hydrogen) atoms. The summed E-state index contributed by atoms with van der Waals surface area (Å²) in [6.07, 6.45) is 5.40. The van der Waals surface area contributed by atoms with Crippen molar-refractivity contribution in [2.45, 2.75) is 50.5 Å². The van der Waals surface area contributed by atoms with Gasteiger partial charge in [-0.05, 0) is 56.4 Å². The van der Waals surface area contributed by atoms with Gasteiger partial charge in [0, 0.05) is 43.8 Å². The van der Waals surface area contributed by atoms with Gasteiger partial charge in [-0.2, -0.15) is 0 Å². The molecule has 0 bridgehead atoms. The monoisotopic (exact) mass is 387 g/mol. The number of ether oxygens (including phenoxy) is 1. The lowest BCUT2D eigenvalue weighted by Gasteiger charge is -2.23. The number of nitrogens with one attached hydrogen (secondary N) is 2. The molecule has 1 aromatic carbocycles. The van der Waals surface area contributed by atoms with Gasteiger partial charge in [0.1, 0.15) is 17.5 Å². The Kier molecular flexibility index (Phi) is 5.85. The van der Waals surface area contributed by atoms with E-state index in [4.69, 9.17) is 4.74 Å². The van der Waals surface area contributed by atoms with Crippen molar-refractivity contribution in [3.8, 4) is 5.69 Å². The lowest BCUT2D eigenvalue weighted by molar-refractivity contribution is 0.0801. The van der Waals surface area contributed by atoms with E-state index in [-0.39, 0.29) is 17.9 Å². The summed E-state index contributed by atoms with van der Waals surface area (Å²) in [5.41, 5.74) is 0.883. The first-order valence-electron chi connectivity index (χ1n) is 10.0. The standard InChI is InChI=1S/C20H26FN5O2/c21-15-5-7-17(8-6-15)26-18(24-25-19(26)14-3-4-14)2-1-11-22-20(27)23-16-9-12-28-13-10-16/h5-8,14,16H,1-4,9-13H2,(H2,22,23,27). The largest absolute Gasteiger partial charge is 0.381 e. The molecule has 7 nitrogen and oxygen atoms in total. The number of halogens is 1. The Morgan fingerprint density at radius 1 is 1.14 bits per heavy atom. The third kappa shape index (κ3) is 4.67. The van der Waals surface area contributed by atoms with E-state index in [0.717, 1.165) is 49.4 Å². The highest BCUT2D eigenvalue weighted by Crippen LogP contribution is 2.40. The number of hydrogen-bond donors (Lipinski definition) is 2. The molecule has 0 spiro atoms. The number of benzene rings is 1. The number of urea groups is 1. The highest BCUT2D eigenvalue weighted by atomic mass is 19.1. The van der Waals surface area contributed by atoms with Gasteiger partial charge in [-0.25, -0.2) is 9.18 Å². The molecule has 2 heterocycles. The molecule has 4 rings (SSSR count). The Morgan fingerprint density at radius 3 is 2.61 bits per heavy atom. The molecule has 1 saturated heterocycles. The van der Waals surface area contributed by atoms with Crippen LogP contribution in [0.3, 0.4) is 0 Å². The second-order valence-electron chi connectivity index (χ2n) is 7.45. The number of carbonyl (C=O) groups excluding carboxylic acids is 1. The third-order valence-corrected chi connectivity index (χ3v) is 5.20. The first-order valence-corrected chi connectivity index (χ1v) is 10.0. The maximum atomic E-state index is 13.3. The number of hydrogen-bond acceptors (Lipinski definition) is 4. The van der Waals surface area contributed by atoms with E-state index >= 15 is 0 Å². The zero-order valence-electron chi connectivity index (χ0n) is 15.9. The third-order valence-electron chi connectivity index (χ3n) is 5.20. The average Bonchev–Trinajstić information content (AvgIpc) is 3.47. The molecule has 2 fully saturated rings. The van der Waals surface area contributed by atoms with Crippen LogP contribution in [-0.4, -0.2) is 46.6 Å². The topological polar surface area (TPSA) is 81.1 Å². The first kappa shape index (κ1) is 18.9. The number of nitrogens with zero attached hydrogens (tertiary/aromatic N) is 3. The second kappa shape index (κ2) is 8.68. The van der Waals surface area contributed by atoms with Crippen LogP contribution in [-0.2, 0) is 11.2 Å². The first-order chi connectivity index (χ1) is 13.7. The highest BCUT2D eigenvalue weighted by molar-refractivity contribution is 5.74. The summed E-state index contributed by atoms with van der Waals surface area (Å²) >= 11 is 0. The molecule has 1 saturated carbocycles. The van der Waals surface area contributed by atoms with E-state index in [2.05, 4.69) is 20.8 Å². The van der Waals surface area contributed by atoms with Crippen molar-refractivity contribution in [1.82, 2.24) is 25.4 Å². The van der Waals surface area contributed by atoms with Gasteiger partial charge in [-0.3, -0.25) is 4.57 Å². The average molecular weight is 387 g/mol. The summed E-state index contributed by atoms with van der Waals surface area (Å²) < 4.78 is 20.6. The smallest absolute Gasteiger partial charge is 0.315 e. The predicted octanol–water partition coefficient (Wildman–Crippen LogP) is 2.69. The summed E-state index contributed by atoms with van der Waals surface area (Å²) in [5, 5.41) is 14.6. The van der Waals surface area contributed by atoms with Crippen LogP contribution in [0.4, 0.5) is 9.18 Å². The summed E-state index contributed by atoms with van der Waals surface area (Å²) in [6.45, 7) is 1.96. The Balaban J connectivity index is 1.32. The number of aryl methyl sites for hydroxylation is 1. The van der Waals surface area contributed by atoms with Crippen LogP contribution < -0.4 is 10.6 Å². The molecule has 8 heteroatoms. The Morgan fingerprint density at radius 2 is 1.89 bits per heavy atom. The molecular weight excluding hydrogens is 361 g/mol. The van der Waals surface area contributed by atoms with Crippen LogP contribution in [0.15, 0.2) is 24.3 Å². The molecular formula is C20H26FN5O2. The lowest BCUT2D eigenvalue weighted by atomic mass is 10.1. The van der Waals surface area contributed by atoms with Crippen molar-refractivity contribution in [2.24, 2.45) is 0 Å². The van der Waals surface area contributed by atoms with Gasteiger partial charge in [-0.15, -0.1) is 10.2 Å². The van der Waals surface area contributed by atoms with Gasteiger partial charge in [0.25, 0.3) is 0 Å². The minimum absolute atomic E-state index is 0.134. The summed E-state index contributed by atoms with van der Waals surface area (Å²) in [5.74, 6) is 1.98. The molecule has 150 valence electrons. The number of carbonyl (C=O) groups is 1. The quantitative estimate of drug-likeness (QED) is 0.716. The van der Waals surface area contributed by atoms with E-state index in [1.165, 1.54) is 12.1 Å². The summed E-state index contributed by atoms with van der Waals surface area (Å²) in [6, 6.07) is 6.49.